The van der Waals surface area contributed by atoms with Crippen LogP contribution in [0.3, 0.4) is 0 Å². The molecule has 1 fully saturated rings. The van der Waals surface area contributed by atoms with E-state index in [1.54, 1.807) is 4.68 Å². The van der Waals surface area contributed by atoms with Crippen molar-refractivity contribution in [2.45, 2.75) is 32.7 Å². The Morgan fingerprint density at radius 3 is 2.75 bits per heavy atom. The lowest BCUT2D eigenvalue weighted by Gasteiger charge is -2.11. The van der Waals surface area contributed by atoms with Crippen molar-refractivity contribution >= 4 is 20.9 Å². The third-order valence-electron chi connectivity index (χ3n) is 4.48. The number of sulfone groups is 1. The minimum Gasteiger partial charge on any atom is -0.309 e. The van der Waals surface area contributed by atoms with Gasteiger partial charge >= 0.3 is 0 Å². The topological polar surface area (TPSA) is 82.7 Å². The van der Waals surface area contributed by atoms with Gasteiger partial charge in [-0.2, -0.15) is 4.68 Å². The number of hydrogen-bond acceptors (Lipinski definition) is 5. The Balaban J connectivity index is 1.89. The highest BCUT2D eigenvalue weighted by Gasteiger charge is 2.33. The third-order valence-corrected chi connectivity index (χ3v) is 6.24. The molecule has 7 nitrogen and oxygen atoms in total. The van der Waals surface area contributed by atoms with E-state index in [1.165, 1.54) is 0 Å². The van der Waals surface area contributed by atoms with E-state index in [0.29, 0.717) is 24.0 Å². The number of rotatable bonds is 3. The molecule has 3 aromatic rings. The number of aromatic nitrogens is 5. The summed E-state index contributed by atoms with van der Waals surface area (Å²) in [4.78, 5) is 9.22. The molecule has 0 amide bonds. The summed E-state index contributed by atoms with van der Waals surface area (Å²) in [6, 6.07) is 7.93. The normalized spacial score (nSPS) is 20.0. The zero-order valence-corrected chi connectivity index (χ0v) is 14.5. The van der Waals surface area contributed by atoms with E-state index in [1.807, 2.05) is 31.2 Å². The van der Waals surface area contributed by atoms with Crippen LogP contribution in [-0.2, 0) is 16.4 Å². The second-order valence-electron chi connectivity index (χ2n) is 6.17. The Hall–Kier alpha value is -2.22. The Kier molecular flexibility index (Phi) is 3.45. The average molecular weight is 345 g/mol. The van der Waals surface area contributed by atoms with Crippen LogP contribution in [0.5, 0.6) is 0 Å². The van der Waals surface area contributed by atoms with Crippen molar-refractivity contribution in [2.75, 3.05) is 11.5 Å². The van der Waals surface area contributed by atoms with Crippen LogP contribution < -0.4 is 0 Å². The third kappa shape index (κ3) is 2.41. The Bertz CT molecular complexity index is 1020. The molecule has 1 aliphatic heterocycles. The number of hydrogen-bond donors (Lipinski definition) is 0. The molecule has 1 aliphatic rings. The van der Waals surface area contributed by atoms with Crippen molar-refractivity contribution in [3.05, 3.63) is 35.9 Å². The van der Waals surface area contributed by atoms with Gasteiger partial charge in [-0.1, -0.05) is 12.1 Å². The van der Waals surface area contributed by atoms with Crippen molar-refractivity contribution in [1.82, 2.24) is 24.3 Å². The average Bonchev–Trinajstić information content (AvgIpc) is 3.21. The molecular formula is C16H19N5O2S. The summed E-state index contributed by atoms with van der Waals surface area (Å²) in [5.41, 5.74) is 1.93. The van der Waals surface area contributed by atoms with Crippen molar-refractivity contribution in [3.8, 4) is 5.95 Å². The molecule has 2 aromatic heterocycles. The number of nitrogens with zero attached hydrogens (tertiary/aromatic N) is 5. The zero-order chi connectivity index (χ0) is 16.9. The van der Waals surface area contributed by atoms with Crippen molar-refractivity contribution in [2.24, 2.45) is 0 Å². The quantitative estimate of drug-likeness (QED) is 0.723. The van der Waals surface area contributed by atoms with E-state index < -0.39 is 9.84 Å². The van der Waals surface area contributed by atoms with Gasteiger partial charge in [-0.3, -0.25) is 0 Å². The summed E-state index contributed by atoms with van der Waals surface area (Å²) in [7, 11) is -2.98. The number of fused-ring (bicyclic) bond motifs is 1. The zero-order valence-electron chi connectivity index (χ0n) is 13.7. The minimum absolute atomic E-state index is 0.124. The molecule has 0 N–H and O–H groups in total. The van der Waals surface area contributed by atoms with Crippen molar-refractivity contribution < 1.29 is 8.42 Å². The maximum absolute atomic E-state index is 11.9. The monoisotopic (exact) mass is 345 g/mol. The molecule has 4 rings (SSSR count). The molecule has 1 unspecified atom stereocenters. The first kappa shape index (κ1) is 15.3. The first-order valence-corrected chi connectivity index (χ1v) is 9.90. The van der Waals surface area contributed by atoms with Crippen LogP contribution in [-0.4, -0.2) is 44.2 Å². The van der Waals surface area contributed by atoms with Gasteiger partial charge in [0.2, 0.25) is 5.95 Å². The molecular weight excluding hydrogens is 326 g/mol. The fourth-order valence-electron chi connectivity index (χ4n) is 3.38. The summed E-state index contributed by atoms with van der Waals surface area (Å²) in [6.07, 6.45) is 0.590. The first-order valence-electron chi connectivity index (χ1n) is 8.08. The largest absolute Gasteiger partial charge is 0.309 e. The predicted molar refractivity (Wildman–Crippen MR) is 91.1 cm³/mol. The predicted octanol–water partition coefficient (Wildman–Crippen LogP) is 1.85. The van der Waals surface area contributed by atoms with Crippen LogP contribution in [0.4, 0.5) is 0 Å². The highest BCUT2D eigenvalue weighted by Crippen LogP contribution is 2.29. The van der Waals surface area contributed by atoms with E-state index in [-0.39, 0.29) is 17.4 Å². The van der Waals surface area contributed by atoms with E-state index in [0.717, 1.165) is 17.6 Å². The van der Waals surface area contributed by atoms with Gasteiger partial charge in [-0.25, -0.2) is 18.4 Å². The minimum atomic E-state index is -2.98. The second-order valence-corrected chi connectivity index (χ2v) is 8.40. The van der Waals surface area contributed by atoms with Gasteiger partial charge < -0.3 is 4.57 Å². The van der Waals surface area contributed by atoms with Crippen LogP contribution in [0.15, 0.2) is 24.3 Å². The van der Waals surface area contributed by atoms with Gasteiger partial charge in [0.25, 0.3) is 0 Å². The van der Waals surface area contributed by atoms with Gasteiger partial charge in [0, 0.05) is 12.5 Å². The van der Waals surface area contributed by atoms with Gasteiger partial charge in [-0.05, 0) is 32.4 Å². The Labute approximate surface area is 140 Å². The van der Waals surface area contributed by atoms with Crippen LogP contribution in [0.25, 0.3) is 17.0 Å². The number of imidazole rings is 1. The summed E-state index contributed by atoms with van der Waals surface area (Å²) in [5.74, 6) is 2.24. The summed E-state index contributed by atoms with van der Waals surface area (Å²) in [6.45, 7) is 4.63. The summed E-state index contributed by atoms with van der Waals surface area (Å²) in [5, 5.41) is 4.50. The van der Waals surface area contributed by atoms with Gasteiger partial charge in [0.05, 0.1) is 22.5 Å². The maximum Gasteiger partial charge on any atom is 0.233 e. The van der Waals surface area contributed by atoms with Crippen LogP contribution in [0.2, 0.25) is 0 Å². The molecule has 0 aliphatic carbocycles. The molecule has 0 spiro atoms. The lowest BCUT2D eigenvalue weighted by Crippen LogP contribution is -2.14. The maximum atomic E-state index is 11.9. The summed E-state index contributed by atoms with van der Waals surface area (Å²) >= 11 is 0. The van der Waals surface area contributed by atoms with E-state index in [9.17, 15) is 8.42 Å². The molecule has 1 aromatic carbocycles. The highest BCUT2D eigenvalue weighted by atomic mass is 32.2. The number of benzene rings is 1. The number of para-hydroxylation sites is 2. The molecule has 3 heterocycles. The van der Waals surface area contributed by atoms with Gasteiger partial charge in [-0.15, -0.1) is 5.10 Å². The van der Waals surface area contributed by atoms with Crippen LogP contribution >= 0.6 is 0 Å². The molecule has 126 valence electrons. The standard InChI is InChI=1S/C16H19N5O2S/c1-3-20-14-7-5-4-6-13(14)18-16(20)21-15(17-11(2)19-21)12-8-9-24(22,23)10-12/h4-7,12H,3,8-10H2,1-2H3. The molecule has 0 saturated carbocycles. The fraction of sp³-hybridized carbons (Fsp3) is 0.438. The first-order chi connectivity index (χ1) is 11.5. The second kappa shape index (κ2) is 5.41. The number of aryl methyl sites for hydroxylation is 2. The van der Waals surface area contributed by atoms with Crippen molar-refractivity contribution in [3.63, 3.8) is 0 Å². The van der Waals surface area contributed by atoms with Crippen molar-refractivity contribution in [1.29, 1.82) is 0 Å². The fourth-order valence-corrected chi connectivity index (χ4v) is 5.12. The molecule has 0 bridgehead atoms. The van der Waals surface area contributed by atoms with E-state index in [4.69, 9.17) is 4.98 Å². The smallest absolute Gasteiger partial charge is 0.233 e. The SMILES string of the molecule is CCn1c(-n2nc(C)nc2C2CCS(=O)(=O)C2)nc2ccccc21. The summed E-state index contributed by atoms with van der Waals surface area (Å²) < 4.78 is 27.5. The van der Waals surface area contributed by atoms with Gasteiger partial charge in [0.1, 0.15) is 11.6 Å². The molecule has 8 heteroatoms. The molecule has 1 atom stereocenters. The molecule has 1 saturated heterocycles. The molecule has 0 radical (unpaired) electrons. The lowest BCUT2D eigenvalue weighted by atomic mass is 10.1. The Morgan fingerprint density at radius 1 is 1.25 bits per heavy atom. The Morgan fingerprint density at radius 2 is 2.04 bits per heavy atom. The molecule has 24 heavy (non-hydrogen) atoms. The van der Waals surface area contributed by atoms with Gasteiger partial charge in [0.15, 0.2) is 9.84 Å². The lowest BCUT2D eigenvalue weighted by molar-refractivity contribution is 0.599. The highest BCUT2D eigenvalue weighted by molar-refractivity contribution is 7.91. The van der Waals surface area contributed by atoms with E-state index in [2.05, 4.69) is 21.6 Å². The van der Waals surface area contributed by atoms with Crippen LogP contribution in [0, 0.1) is 6.92 Å². The van der Waals surface area contributed by atoms with Crippen LogP contribution in [0.1, 0.15) is 30.9 Å². The van der Waals surface area contributed by atoms with E-state index >= 15 is 0 Å².